The van der Waals surface area contributed by atoms with Gasteiger partial charge in [0.1, 0.15) is 5.75 Å². The highest BCUT2D eigenvalue weighted by Crippen LogP contribution is 2.21. The van der Waals surface area contributed by atoms with Crippen molar-refractivity contribution in [3.8, 4) is 5.75 Å². The van der Waals surface area contributed by atoms with Gasteiger partial charge in [-0.1, -0.05) is 44.7 Å². The number of hydrogen-bond acceptors (Lipinski definition) is 2. The second kappa shape index (κ2) is 6.92. The van der Waals surface area contributed by atoms with Crippen LogP contribution in [0.1, 0.15) is 20.4 Å². The van der Waals surface area contributed by atoms with Gasteiger partial charge in [0, 0.05) is 7.11 Å². The highest BCUT2D eigenvalue weighted by molar-refractivity contribution is 5.84. The predicted molar refractivity (Wildman–Crippen MR) is 74.7 cm³/mol. The smallest absolute Gasteiger partial charge is 0.188 e. The summed E-state index contributed by atoms with van der Waals surface area (Å²) < 4.78 is 10.2. The van der Waals surface area contributed by atoms with Gasteiger partial charge in [-0.2, -0.15) is 0 Å². The van der Waals surface area contributed by atoms with Gasteiger partial charge < -0.3 is 9.47 Å². The maximum atomic E-state index is 5.37. The fourth-order valence-corrected chi connectivity index (χ4v) is 1.56. The molecule has 0 aromatic heterocycles. The van der Waals surface area contributed by atoms with Crippen LogP contribution in [0.5, 0.6) is 5.75 Å². The summed E-state index contributed by atoms with van der Waals surface area (Å²) in [4.78, 5) is 0. The number of rotatable bonds is 3. The molecule has 0 aliphatic heterocycles. The number of methoxy groups -OCH3 is 1. The molecule has 0 unspecified atom stereocenters. The molecule has 0 radical (unpaired) electrons. The minimum absolute atomic E-state index is 0. The zero-order valence-electron chi connectivity index (χ0n) is 8.99. The van der Waals surface area contributed by atoms with Crippen molar-refractivity contribution in [3.05, 3.63) is 42.0 Å². The number of fused-ring (bicyclic) bond motifs is 1. The van der Waals surface area contributed by atoms with Gasteiger partial charge in [-0.25, -0.2) is 0 Å². The second-order valence-electron chi connectivity index (χ2n) is 3.56. The van der Waals surface area contributed by atoms with Crippen LogP contribution in [0.25, 0.3) is 10.8 Å². The van der Waals surface area contributed by atoms with Gasteiger partial charge >= 0.3 is 0 Å². The number of benzene rings is 2. The number of hydrogen-bond donors (Lipinski definition) is 0. The molecule has 94 valence electrons. The van der Waals surface area contributed by atoms with E-state index >= 15 is 0 Å². The molecule has 0 bridgehead atoms. The Morgan fingerprint density at radius 1 is 0.941 bits per heavy atom. The van der Waals surface area contributed by atoms with Crippen molar-refractivity contribution < 1.29 is 9.47 Å². The lowest BCUT2D eigenvalue weighted by Gasteiger charge is -2.06. The standard InChI is InChI=1S/C13H14O2.2CH4/c1-10-3-4-12-8-13(15-9-14-2)6-5-11(12)7-10;;/h3-8H,9H2,1-2H3;2*1H4. The van der Waals surface area contributed by atoms with Gasteiger partial charge in [0.05, 0.1) is 0 Å². The average molecular weight is 234 g/mol. The zero-order chi connectivity index (χ0) is 10.7. The van der Waals surface area contributed by atoms with E-state index in [1.165, 1.54) is 16.3 Å². The molecule has 0 saturated heterocycles. The summed E-state index contributed by atoms with van der Waals surface area (Å²) >= 11 is 0. The Morgan fingerprint density at radius 3 is 2.29 bits per heavy atom. The van der Waals surface area contributed by atoms with Gasteiger partial charge in [0.25, 0.3) is 0 Å². The Balaban J connectivity index is 0.00000128. The van der Waals surface area contributed by atoms with Crippen molar-refractivity contribution in [2.75, 3.05) is 13.9 Å². The van der Waals surface area contributed by atoms with Crippen LogP contribution in [-0.2, 0) is 4.74 Å². The first-order chi connectivity index (χ1) is 7.29. The van der Waals surface area contributed by atoms with Gasteiger partial charge in [-0.05, 0) is 29.8 Å². The Hall–Kier alpha value is -1.54. The SMILES string of the molecule is C.C.COCOc1ccc2cc(C)ccc2c1. The molecule has 0 aliphatic carbocycles. The molecule has 0 heterocycles. The largest absolute Gasteiger partial charge is 0.468 e. The topological polar surface area (TPSA) is 18.5 Å². The fraction of sp³-hybridized carbons (Fsp3) is 0.333. The van der Waals surface area contributed by atoms with Crippen molar-refractivity contribution in [2.45, 2.75) is 21.8 Å². The summed E-state index contributed by atoms with van der Waals surface area (Å²) in [5, 5.41) is 2.42. The van der Waals surface area contributed by atoms with Crippen LogP contribution < -0.4 is 4.74 Å². The highest BCUT2D eigenvalue weighted by Gasteiger charge is 1.97. The van der Waals surface area contributed by atoms with Crippen LogP contribution in [0.2, 0.25) is 0 Å². The summed E-state index contributed by atoms with van der Waals surface area (Å²) in [5.74, 6) is 0.841. The highest BCUT2D eigenvalue weighted by atomic mass is 16.7. The van der Waals surface area contributed by atoms with Crippen molar-refractivity contribution in [1.29, 1.82) is 0 Å². The number of aryl methyl sites for hydroxylation is 1. The maximum absolute atomic E-state index is 5.37. The van der Waals surface area contributed by atoms with E-state index < -0.39 is 0 Å². The minimum atomic E-state index is 0. The summed E-state index contributed by atoms with van der Waals surface area (Å²) in [5.41, 5.74) is 1.27. The van der Waals surface area contributed by atoms with Gasteiger partial charge in [0.2, 0.25) is 0 Å². The zero-order valence-corrected chi connectivity index (χ0v) is 8.99. The molecule has 17 heavy (non-hydrogen) atoms. The average Bonchev–Trinajstić information content (AvgIpc) is 2.26. The summed E-state index contributed by atoms with van der Waals surface area (Å²) in [7, 11) is 1.62. The lowest BCUT2D eigenvalue weighted by Crippen LogP contribution is -1.98. The van der Waals surface area contributed by atoms with Crippen LogP contribution in [0.4, 0.5) is 0 Å². The molecular formula is C15H22O2. The molecule has 2 rings (SSSR count). The third kappa shape index (κ3) is 3.75. The van der Waals surface area contributed by atoms with E-state index in [0.717, 1.165) is 5.75 Å². The fourth-order valence-electron chi connectivity index (χ4n) is 1.56. The predicted octanol–water partition coefficient (Wildman–Crippen LogP) is 4.40. The van der Waals surface area contributed by atoms with Gasteiger partial charge in [0.15, 0.2) is 6.79 Å². The number of ether oxygens (including phenoxy) is 2. The van der Waals surface area contributed by atoms with Crippen LogP contribution in [0.3, 0.4) is 0 Å². The van der Waals surface area contributed by atoms with Crippen LogP contribution in [0.15, 0.2) is 36.4 Å². The third-order valence-electron chi connectivity index (χ3n) is 2.31. The second-order valence-corrected chi connectivity index (χ2v) is 3.56. The lowest BCUT2D eigenvalue weighted by molar-refractivity contribution is 0.0512. The quantitative estimate of drug-likeness (QED) is 0.733. The van der Waals surface area contributed by atoms with Gasteiger partial charge in [-0.3, -0.25) is 0 Å². The first-order valence-electron chi connectivity index (χ1n) is 4.92. The molecule has 0 saturated carbocycles. The van der Waals surface area contributed by atoms with E-state index in [0.29, 0.717) is 0 Å². The first-order valence-corrected chi connectivity index (χ1v) is 4.92. The Labute approximate surface area is 104 Å². The van der Waals surface area contributed by atoms with Crippen molar-refractivity contribution in [3.63, 3.8) is 0 Å². The molecule has 0 N–H and O–H groups in total. The van der Waals surface area contributed by atoms with Crippen LogP contribution >= 0.6 is 0 Å². The minimum Gasteiger partial charge on any atom is -0.468 e. The van der Waals surface area contributed by atoms with E-state index in [2.05, 4.69) is 31.2 Å². The summed E-state index contributed by atoms with van der Waals surface area (Å²) in [6.45, 7) is 2.38. The molecule has 2 nitrogen and oxygen atoms in total. The molecule has 2 heteroatoms. The van der Waals surface area contributed by atoms with E-state index in [9.17, 15) is 0 Å². The van der Waals surface area contributed by atoms with Crippen LogP contribution in [0, 0.1) is 6.92 Å². The molecule has 0 amide bonds. The van der Waals surface area contributed by atoms with E-state index in [-0.39, 0.29) is 21.6 Å². The molecule has 0 spiro atoms. The Morgan fingerprint density at radius 2 is 1.59 bits per heavy atom. The maximum Gasteiger partial charge on any atom is 0.188 e. The third-order valence-corrected chi connectivity index (χ3v) is 2.31. The molecule has 0 aliphatic rings. The first kappa shape index (κ1) is 15.5. The molecular weight excluding hydrogens is 212 g/mol. The molecule has 2 aromatic rings. The van der Waals surface area contributed by atoms with Gasteiger partial charge in [-0.15, -0.1) is 0 Å². The molecule has 0 fully saturated rings. The Kier molecular flexibility index (Phi) is 6.29. The summed E-state index contributed by atoms with van der Waals surface area (Å²) in [6.07, 6.45) is 0. The Bertz CT molecular complexity index is 463. The van der Waals surface area contributed by atoms with Crippen molar-refractivity contribution in [2.24, 2.45) is 0 Å². The normalized spacial score (nSPS) is 9.29. The summed E-state index contributed by atoms with van der Waals surface area (Å²) in [6, 6.07) is 12.4. The van der Waals surface area contributed by atoms with E-state index in [1.807, 2.05) is 12.1 Å². The molecule has 0 atom stereocenters. The van der Waals surface area contributed by atoms with Crippen LogP contribution in [-0.4, -0.2) is 13.9 Å². The van der Waals surface area contributed by atoms with E-state index in [1.54, 1.807) is 7.11 Å². The monoisotopic (exact) mass is 234 g/mol. The lowest BCUT2D eigenvalue weighted by atomic mass is 10.1. The van der Waals surface area contributed by atoms with Crippen molar-refractivity contribution in [1.82, 2.24) is 0 Å². The molecule has 2 aromatic carbocycles. The van der Waals surface area contributed by atoms with E-state index in [4.69, 9.17) is 9.47 Å². The van der Waals surface area contributed by atoms with Crippen molar-refractivity contribution >= 4 is 10.8 Å².